The summed E-state index contributed by atoms with van der Waals surface area (Å²) in [5, 5.41) is 4.15. The quantitative estimate of drug-likeness (QED) is 0.721. The molecule has 82 valence electrons. The number of aryl methyl sites for hydroxylation is 1. The minimum absolute atomic E-state index is 0.311. The molecule has 0 fully saturated rings. The lowest BCUT2D eigenvalue weighted by atomic mass is 10.2. The van der Waals surface area contributed by atoms with Crippen LogP contribution in [0.15, 0.2) is 36.5 Å². The molecule has 0 aliphatic heterocycles. The predicted octanol–water partition coefficient (Wildman–Crippen LogP) is 1.97. The molecule has 1 heterocycles. The van der Waals surface area contributed by atoms with Gasteiger partial charge in [-0.1, -0.05) is 18.2 Å². The van der Waals surface area contributed by atoms with E-state index in [1.165, 1.54) is 7.11 Å². The molecule has 1 aromatic heterocycles. The maximum Gasteiger partial charge on any atom is 0.358 e. The van der Waals surface area contributed by atoms with Crippen molar-refractivity contribution in [3.8, 4) is 5.69 Å². The number of ether oxygens (including phenoxy) is 1. The third-order valence-corrected chi connectivity index (χ3v) is 2.35. The fourth-order valence-corrected chi connectivity index (χ4v) is 1.49. The number of carbonyl (C=O) groups excluding carboxylic acids is 1. The average Bonchev–Trinajstić information content (AvgIpc) is 2.78. The van der Waals surface area contributed by atoms with Gasteiger partial charge in [0.15, 0.2) is 5.69 Å². The Labute approximate surface area is 93.5 Å². The van der Waals surface area contributed by atoms with Gasteiger partial charge in [0.25, 0.3) is 0 Å². The minimum Gasteiger partial charge on any atom is -0.464 e. The maximum absolute atomic E-state index is 11.2. The Kier molecular flexibility index (Phi) is 2.72. The van der Waals surface area contributed by atoms with Crippen LogP contribution < -0.4 is 0 Å². The van der Waals surface area contributed by atoms with Crippen molar-refractivity contribution in [1.29, 1.82) is 0 Å². The van der Waals surface area contributed by atoms with Gasteiger partial charge in [0, 0.05) is 6.20 Å². The van der Waals surface area contributed by atoms with E-state index in [0.29, 0.717) is 5.69 Å². The van der Waals surface area contributed by atoms with Crippen molar-refractivity contribution in [1.82, 2.24) is 9.78 Å². The number of aromatic nitrogens is 2. The third-order valence-electron chi connectivity index (χ3n) is 2.35. The second-order valence-corrected chi connectivity index (χ2v) is 3.42. The highest BCUT2D eigenvalue weighted by Crippen LogP contribution is 2.12. The normalized spacial score (nSPS) is 10.1. The molecule has 0 atom stereocenters. The summed E-state index contributed by atoms with van der Waals surface area (Å²) in [5.41, 5.74) is 2.37. The van der Waals surface area contributed by atoms with Crippen LogP contribution in [0.25, 0.3) is 5.69 Å². The fraction of sp³-hybridized carbons (Fsp3) is 0.167. The first kappa shape index (κ1) is 10.4. The van der Waals surface area contributed by atoms with Crippen molar-refractivity contribution >= 4 is 5.97 Å². The van der Waals surface area contributed by atoms with E-state index in [4.69, 9.17) is 0 Å². The van der Waals surface area contributed by atoms with Crippen LogP contribution in [0.5, 0.6) is 0 Å². The molecule has 0 spiro atoms. The second-order valence-electron chi connectivity index (χ2n) is 3.42. The first-order chi connectivity index (χ1) is 7.72. The van der Waals surface area contributed by atoms with Gasteiger partial charge in [-0.2, -0.15) is 5.10 Å². The van der Waals surface area contributed by atoms with Crippen molar-refractivity contribution < 1.29 is 9.53 Å². The number of hydrogen-bond donors (Lipinski definition) is 0. The van der Waals surface area contributed by atoms with Crippen LogP contribution in [0.3, 0.4) is 0 Å². The first-order valence-electron chi connectivity index (χ1n) is 4.92. The Morgan fingerprint density at radius 2 is 2.06 bits per heavy atom. The lowest BCUT2D eigenvalue weighted by Gasteiger charge is -2.04. The second kappa shape index (κ2) is 4.18. The zero-order chi connectivity index (χ0) is 11.5. The van der Waals surface area contributed by atoms with Crippen LogP contribution in [0, 0.1) is 6.92 Å². The van der Waals surface area contributed by atoms with Crippen molar-refractivity contribution in [2.45, 2.75) is 6.92 Å². The molecule has 0 aliphatic rings. The first-order valence-corrected chi connectivity index (χ1v) is 4.92. The van der Waals surface area contributed by atoms with E-state index >= 15 is 0 Å². The van der Waals surface area contributed by atoms with Gasteiger partial charge < -0.3 is 4.74 Å². The lowest BCUT2D eigenvalue weighted by Crippen LogP contribution is -2.04. The molecule has 0 radical (unpaired) electrons. The summed E-state index contributed by atoms with van der Waals surface area (Å²) in [4.78, 5) is 11.2. The third kappa shape index (κ3) is 1.82. The van der Waals surface area contributed by atoms with Crippen LogP contribution in [-0.2, 0) is 4.74 Å². The molecule has 0 bridgehead atoms. The fourth-order valence-electron chi connectivity index (χ4n) is 1.49. The van der Waals surface area contributed by atoms with Crippen LogP contribution in [-0.4, -0.2) is 22.9 Å². The van der Waals surface area contributed by atoms with Crippen molar-refractivity contribution in [3.05, 3.63) is 47.8 Å². The van der Waals surface area contributed by atoms with Crippen molar-refractivity contribution in [2.24, 2.45) is 0 Å². The summed E-state index contributed by atoms with van der Waals surface area (Å²) in [6.07, 6.45) is 1.74. The summed E-state index contributed by atoms with van der Waals surface area (Å²) in [5.74, 6) is -0.424. The Morgan fingerprint density at radius 3 is 2.75 bits per heavy atom. The molecule has 16 heavy (non-hydrogen) atoms. The Balaban J connectivity index is 2.39. The van der Waals surface area contributed by atoms with Gasteiger partial charge in [0.1, 0.15) is 0 Å². The zero-order valence-corrected chi connectivity index (χ0v) is 9.18. The Morgan fingerprint density at radius 1 is 1.31 bits per heavy atom. The number of esters is 1. The van der Waals surface area contributed by atoms with Gasteiger partial charge in [-0.3, -0.25) is 0 Å². The van der Waals surface area contributed by atoms with Gasteiger partial charge in [-0.25, -0.2) is 9.48 Å². The molecule has 0 saturated heterocycles. The molecule has 4 heteroatoms. The highest BCUT2D eigenvalue weighted by atomic mass is 16.5. The van der Waals surface area contributed by atoms with Crippen LogP contribution in [0.1, 0.15) is 16.1 Å². The van der Waals surface area contributed by atoms with E-state index in [9.17, 15) is 4.79 Å². The predicted molar refractivity (Wildman–Crippen MR) is 59.6 cm³/mol. The molecule has 0 unspecified atom stereocenters. The molecule has 0 aliphatic carbocycles. The van der Waals surface area contributed by atoms with Crippen molar-refractivity contribution in [2.75, 3.05) is 7.11 Å². The van der Waals surface area contributed by atoms with E-state index in [1.807, 2.05) is 31.2 Å². The van der Waals surface area contributed by atoms with Crippen LogP contribution in [0.2, 0.25) is 0 Å². The highest BCUT2D eigenvalue weighted by molar-refractivity contribution is 5.86. The highest BCUT2D eigenvalue weighted by Gasteiger charge is 2.10. The molecule has 1 aromatic carbocycles. The molecule has 0 saturated carbocycles. The van der Waals surface area contributed by atoms with Gasteiger partial charge in [-0.05, 0) is 24.6 Å². The Bertz CT molecular complexity index is 517. The smallest absolute Gasteiger partial charge is 0.358 e. The van der Waals surface area contributed by atoms with Gasteiger partial charge in [0.2, 0.25) is 0 Å². The monoisotopic (exact) mass is 216 g/mol. The van der Waals surface area contributed by atoms with Crippen LogP contribution in [0.4, 0.5) is 0 Å². The topological polar surface area (TPSA) is 44.1 Å². The molecular weight excluding hydrogens is 204 g/mol. The molecule has 0 N–H and O–H groups in total. The average molecular weight is 216 g/mol. The summed E-state index contributed by atoms with van der Waals surface area (Å²) in [7, 11) is 1.34. The Hall–Kier alpha value is -2.10. The summed E-state index contributed by atoms with van der Waals surface area (Å²) in [6.45, 7) is 1.99. The summed E-state index contributed by atoms with van der Waals surface area (Å²) in [6, 6.07) is 9.47. The number of hydrogen-bond acceptors (Lipinski definition) is 3. The van der Waals surface area contributed by atoms with E-state index in [2.05, 4.69) is 9.84 Å². The molecular formula is C12H12N2O2. The molecule has 0 amide bonds. The minimum atomic E-state index is -0.424. The number of carbonyl (C=O) groups is 1. The van der Waals surface area contributed by atoms with E-state index in [-0.39, 0.29) is 0 Å². The van der Waals surface area contributed by atoms with Gasteiger partial charge in [0.05, 0.1) is 12.8 Å². The summed E-state index contributed by atoms with van der Waals surface area (Å²) >= 11 is 0. The van der Waals surface area contributed by atoms with Crippen molar-refractivity contribution in [3.63, 3.8) is 0 Å². The van der Waals surface area contributed by atoms with Gasteiger partial charge in [-0.15, -0.1) is 0 Å². The number of nitrogens with zero attached hydrogens (tertiary/aromatic N) is 2. The maximum atomic E-state index is 11.2. The standard InChI is InChI=1S/C12H12N2O2/c1-9-5-3-4-6-11(9)14-8-7-10(13-14)12(15)16-2/h3-8H,1-2H3. The summed E-state index contributed by atoms with van der Waals surface area (Å²) < 4.78 is 6.27. The number of para-hydroxylation sites is 1. The number of benzene rings is 1. The van der Waals surface area contributed by atoms with Gasteiger partial charge >= 0.3 is 5.97 Å². The van der Waals surface area contributed by atoms with Crippen LogP contribution >= 0.6 is 0 Å². The largest absolute Gasteiger partial charge is 0.464 e. The molecule has 4 nitrogen and oxygen atoms in total. The number of methoxy groups -OCH3 is 1. The molecule has 2 rings (SSSR count). The SMILES string of the molecule is COC(=O)c1ccn(-c2ccccc2C)n1. The molecule has 2 aromatic rings. The van der Waals surface area contributed by atoms with E-state index in [0.717, 1.165) is 11.3 Å². The zero-order valence-electron chi connectivity index (χ0n) is 9.18. The van der Waals surface area contributed by atoms with E-state index in [1.54, 1.807) is 16.9 Å². The van der Waals surface area contributed by atoms with E-state index < -0.39 is 5.97 Å². The number of rotatable bonds is 2. The lowest BCUT2D eigenvalue weighted by molar-refractivity contribution is 0.0593.